The lowest BCUT2D eigenvalue weighted by molar-refractivity contribution is -0.123. The molecule has 6 nitrogen and oxygen atoms in total. The summed E-state index contributed by atoms with van der Waals surface area (Å²) < 4.78 is 12.1. The van der Waals surface area contributed by atoms with Gasteiger partial charge in [-0.05, 0) is 79.5 Å². The molecule has 8 heteroatoms. The summed E-state index contributed by atoms with van der Waals surface area (Å²) in [6.07, 6.45) is 1.73. The lowest BCUT2D eigenvalue weighted by Gasteiger charge is -2.16. The standard InChI is InChI=1S/C28H26N2O4S2/c1-4-33-24-15-20(13-14-23(24)34-17-21-11-7-5-9-18(21)2)16-25-27(32)30(28(35)36-25)29-26(31)22-12-8-6-10-19(22)3/h5-16H,4,17H2,1-3H3,(H,29,31)/b25-16-. The van der Waals surface area contributed by atoms with Gasteiger partial charge in [0.25, 0.3) is 11.8 Å². The average Bonchev–Trinajstić information content (AvgIpc) is 3.12. The van der Waals surface area contributed by atoms with Gasteiger partial charge in [0.2, 0.25) is 0 Å². The summed E-state index contributed by atoms with van der Waals surface area (Å²) in [7, 11) is 0. The number of carbonyl (C=O) groups is 2. The number of hydrazine groups is 1. The van der Waals surface area contributed by atoms with Crippen molar-refractivity contribution in [1.82, 2.24) is 10.4 Å². The molecule has 2 amide bonds. The van der Waals surface area contributed by atoms with Gasteiger partial charge >= 0.3 is 0 Å². The number of rotatable bonds is 8. The van der Waals surface area contributed by atoms with Crippen molar-refractivity contribution in [3.05, 3.63) is 99.5 Å². The van der Waals surface area contributed by atoms with Gasteiger partial charge in [0.1, 0.15) is 6.61 Å². The lowest BCUT2D eigenvalue weighted by Crippen LogP contribution is -2.45. The summed E-state index contributed by atoms with van der Waals surface area (Å²) in [6.45, 7) is 6.68. The van der Waals surface area contributed by atoms with Crippen LogP contribution in [0.2, 0.25) is 0 Å². The van der Waals surface area contributed by atoms with Crippen LogP contribution in [-0.2, 0) is 11.4 Å². The van der Waals surface area contributed by atoms with Crippen LogP contribution in [0.15, 0.2) is 71.6 Å². The molecular weight excluding hydrogens is 492 g/mol. The molecule has 36 heavy (non-hydrogen) atoms. The van der Waals surface area contributed by atoms with Crippen molar-refractivity contribution in [3.63, 3.8) is 0 Å². The monoisotopic (exact) mass is 518 g/mol. The van der Waals surface area contributed by atoms with Gasteiger partial charge in [0, 0.05) is 5.56 Å². The maximum Gasteiger partial charge on any atom is 0.285 e. The Hall–Kier alpha value is -3.62. The van der Waals surface area contributed by atoms with Crippen LogP contribution in [0.4, 0.5) is 0 Å². The molecule has 1 heterocycles. The molecule has 0 radical (unpaired) electrons. The van der Waals surface area contributed by atoms with Crippen LogP contribution < -0.4 is 14.9 Å². The van der Waals surface area contributed by atoms with Gasteiger partial charge in [0.15, 0.2) is 15.8 Å². The third-order valence-electron chi connectivity index (χ3n) is 5.61. The van der Waals surface area contributed by atoms with E-state index in [2.05, 4.69) is 5.43 Å². The van der Waals surface area contributed by atoms with Gasteiger partial charge in [-0.3, -0.25) is 15.0 Å². The Bertz CT molecular complexity index is 1350. The molecule has 0 atom stereocenters. The van der Waals surface area contributed by atoms with Gasteiger partial charge in [-0.1, -0.05) is 60.3 Å². The number of hydrogen-bond donors (Lipinski definition) is 1. The van der Waals surface area contributed by atoms with E-state index in [1.807, 2.05) is 75.4 Å². The minimum Gasteiger partial charge on any atom is -0.490 e. The molecule has 0 aliphatic carbocycles. The summed E-state index contributed by atoms with van der Waals surface area (Å²) in [5.74, 6) is 0.433. The highest BCUT2D eigenvalue weighted by atomic mass is 32.2. The normalized spacial score (nSPS) is 14.3. The van der Waals surface area contributed by atoms with E-state index in [0.717, 1.165) is 39.0 Å². The first-order chi connectivity index (χ1) is 17.4. The summed E-state index contributed by atoms with van der Waals surface area (Å²) >= 11 is 6.49. The minimum absolute atomic E-state index is 0.261. The SMILES string of the molecule is CCOc1cc(/C=C2\SC(=S)N(NC(=O)c3ccccc3C)C2=O)ccc1OCc1ccccc1C. The van der Waals surface area contributed by atoms with Crippen LogP contribution in [0.5, 0.6) is 11.5 Å². The Balaban J connectivity index is 1.50. The maximum absolute atomic E-state index is 13.0. The number of amides is 2. The molecule has 1 fully saturated rings. The highest BCUT2D eigenvalue weighted by Crippen LogP contribution is 2.34. The molecule has 1 N–H and O–H groups in total. The van der Waals surface area contributed by atoms with Gasteiger partial charge in [-0.2, -0.15) is 5.01 Å². The van der Waals surface area contributed by atoms with Crippen LogP contribution in [0.1, 0.15) is 39.5 Å². The van der Waals surface area contributed by atoms with Crippen molar-refractivity contribution in [2.45, 2.75) is 27.4 Å². The lowest BCUT2D eigenvalue weighted by atomic mass is 10.1. The van der Waals surface area contributed by atoms with Crippen LogP contribution in [0.3, 0.4) is 0 Å². The fourth-order valence-electron chi connectivity index (χ4n) is 3.63. The predicted molar refractivity (Wildman–Crippen MR) is 147 cm³/mol. The number of aryl methyl sites for hydroxylation is 2. The van der Waals surface area contributed by atoms with Gasteiger partial charge in [-0.25, -0.2) is 0 Å². The highest BCUT2D eigenvalue weighted by molar-refractivity contribution is 8.26. The summed E-state index contributed by atoms with van der Waals surface area (Å²) in [4.78, 5) is 26.1. The van der Waals surface area contributed by atoms with Crippen LogP contribution >= 0.6 is 24.0 Å². The van der Waals surface area contributed by atoms with E-state index >= 15 is 0 Å². The number of hydrogen-bond acceptors (Lipinski definition) is 6. The molecule has 0 saturated carbocycles. The zero-order chi connectivity index (χ0) is 25.7. The second-order valence-corrected chi connectivity index (χ2v) is 9.80. The number of thiocarbonyl (C=S) groups is 1. The van der Waals surface area contributed by atoms with E-state index < -0.39 is 0 Å². The maximum atomic E-state index is 13.0. The molecule has 0 bridgehead atoms. The fourth-order valence-corrected chi connectivity index (χ4v) is 4.81. The van der Waals surface area contributed by atoms with E-state index in [9.17, 15) is 9.59 Å². The molecule has 4 rings (SSSR count). The summed E-state index contributed by atoms with van der Waals surface area (Å²) in [5, 5.41) is 1.11. The Labute approximate surface area is 220 Å². The quantitative estimate of drug-likeness (QED) is 0.299. The zero-order valence-electron chi connectivity index (χ0n) is 20.2. The van der Waals surface area contributed by atoms with Crippen molar-refractivity contribution in [2.24, 2.45) is 0 Å². The smallest absolute Gasteiger partial charge is 0.285 e. The van der Waals surface area contributed by atoms with E-state index in [4.69, 9.17) is 21.7 Å². The van der Waals surface area contributed by atoms with Crippen molar-refractivity contribution in [2.75, 3.05) is 6.61 Å². The van der Waals surface area contributed by atoms with E-state index in [1.54, 1.807) is 18.2 Å². The molecule has 1 aliphatic rings. The average molecular weight is 519 g/mol. The van der Waals surface area contributed by atoms with E-state index in [-0.39, 0.29) is 16.1 Å². The van der Waals surface area contributed by atoms with E-state index in [0.29, 0.717) is 35.2 Å². The summed E-state index contributed by atoms with van der Waals surface area (Å²) in [6, 6.07) is 20.7. The molecule has 184 valence electrons. The van der Waals surface area contributed by atoms with Crippen LogP contribution in [0.25, 0.3) is 6.08 Å². The van der Waals surface area contributed by atoms with Gasteiger partial charge in [0.05, 0.1) is 11.5 Å². The third-order valence-corrected chi connectivity index (χ3v) is 6.91. The number of ether oxygens (including phenoxy) is 2. The van der Waals surface area contributed by atoms with Crippen LogP contribution in [-0.4, -0.2) is 27.8 Å². The molecular formula is C28H26N2O4S2. The van der Waals surface area contributed by atoms with Crippen molar-refractivity contribution in [1.29, 1.82) is 0 Å². The Morgan fingerprint density at radius 1 is 1.00 bits per heavy atom. The molecule has 0 spiro atoms. The van der Waals surface area contributed by atoms with Crippen molar-refractivity contribution < 1.29 is 19.1 Å². The first-order valence-electron chi connectivity index (χ1n) is 11.5. The number of benzene rings is 3. The Morgan fingerprint density at radius 2 is 1.72 bits per heavy atom. The molecule has 1 saturated heterocycles. The fraction of sp³-hybridized carbons (Fsp3) is 0.179. The van der Waals surface area contributed by atoms with Crippen molar-refractivity contribution in [3.8, 4) is 11.5 Å². The molecule has 0 aromatic heterocycles. The topological polar surface area (TPSA) is 67.9 Å². The summed E-state index contributed by atoms with van der Waals surface area (Å²) in [5.41, 5.74) is 6.93. The number of thioether (sulfide) groups is 1. The number of carbonyl (C=O) groups excluding carboxylic acids is 2. The molecule has 0 unspecified atom stereocenters. The molecule has 3 aromatic carbocycles. The van der Waals surface area contributed by atoms with Crippen molar-refractivity contribution >= 4 is 46.2 Å². The molecule has 3 aromatic rings. The zero-order valence-corrected chi connectivity index (χ0v) is 21.9. The minimum atomic E-state index is -0.389. The second kappa shape index (κ2) is 11.4. The van der Waals surface area contributed by atoms with Gasteiger partial charge in [-0.15, -0.1) is 0 Å². The third kappa shape index (κ3) is 5.78. The predicted octanol–water partition coefficient (Wildman–Crippen LogP) is 5.83. The van der Waals surface area contributed by atoms with Gasteiger partial charge < -0.3 is 9.47 Å². The number of nitrogens with zero attached hydrogens (tertiary/aromatic N) is 1. The Morgan fingerprint density at radius 3 is 2.44 bits per heavy atom. The highest BCUT2D eigenvalue weighted by Gasteiger charge is 2.34. The van der Waals surface area contributed by atoms with Crippen LogP contribution in [0, 0.1) is 13.8 Å². The number of nitrogens with one attached hydrogen (secondary N) is 1. The first kappa shape index (κ1) is 25.5. The van der Waals surface area contributed by atoms with E-state index in [1.165, 1.54) is 0 Å². The first-order valence-corrected chi connectivity index (χ1v) is 12.7. The largest absolute Gasteiger partial charge is 0.490 e. The Kier molecular flexibility index (Phi) is 8.07. The second-order valence-electron chi connectivity index (χ2n) is 8.13. The molecule has 1 aliphatic heterocycles.